The second kappa shape index (κ2) is 15.1. The van der Waals surface area contributed by atoms with E-state index >= 15 is 0 Å². The van der Waals surface area contributed by atoms with Gasteiger partial charge in [-0.2, -0.15) is 0 Å². The van der Waals surface area contributed by atoms with Crippen LogP contribution in [0, 0.1) is 0 Å². The van der Waals surface area contributed by atoms with Gasteiger partial charge in [-0.25, -0.2) is 0 Å². The molecule has 0 aliphatic heterocycles. The Balaban J connectivity index is 2.13. The molecule has 1 aromatic heterocycles. The number of rotatable bonds is 15. The number of allylic oxidation sites excluding steroid dienone is 4. The molecule has 0 amide bonds. The Morgan fingerprint density at radius 1 is 0.900 bits per heavy atom. The standard InChI is InChI=1S/C31H38O9/c1-20(2)8-7-9-21(3)10-15-24-25(38-18-35-5)16-26-27(28(24)32)29(33)31(39-19-36-6)30(40-26)22-11-13-23(14-12-22)37-17-34-4/h8,10-14,16,32H,7,9,15,17-19H2,1-6H3/b21-10+. The van der Waals surface area contributed by atoms with Crippen LogP contribution < -0.4 is 19.6 Å². The number of hydrogen-bond acceptors (Lipinski definition) is 9. The quantitative estimate of drug-likeness (QED) is 0.170. The summed E-state index contributed by atoms with van der Waals surface area (Å²) in [7, 11) is 4.49. The second-order valence-corrected chi connectivity index (χ2v) is 9.42. The molecule has 1 heterocycles. The van der Waals surface area contributed by atoms with E-state index in [-0.39, 0.29) is 48.6 Å². The zero-order valence-electron chi connectivity index (χ0n) is 24.0. The fourth-order valence-corrected chi connectivity index (χ4v) is 4.02. The van der Waals surface area contributed by atoms with Gasteiger partial charge in [0.15, 0.2) is 26.1 Å². The Labute approximate surface area is 234 Å². The predicted octanol–water partition coefficient (Wildman–Crippen LogP) is 6.35. The third kappa shape index (κ3) is 7.88. The average molecular weight is 555 g/mol. The van der Waals surface area contributed by atoms with Gasteiger partial charge >= 0.3 is 0 Å². The maximum Gasteiger partial charge on any atom is 0.239 e. The molecule has 0 saturated heterocycles. The van der Waals surface area contributed by atoms with Crippen LogP contribution in [0.1, 0.15) is 39.2 Å². The van der Waals surface area contributed by atoms with Crippen molar-refractivity contribution < 1.29 is 37.9 Å². The summed E-state index contributed by atoms with van der Waals surface area (Å²) in [6.07, 6.45) is 6.35. The number of phenols is 1. The number of benzene rings is 2. The van der Waals surface area contributed by atoms with Crippen molar-refractivity contribution in [3.8, 4) is 34.3 Å². The number of aromatic hydroxyl groups is 1. The number of hydrogen-bond donors (Lipinski definition) is 1. The maximum absolute atomic E-state index is 13.7. The highest BCUT2D eigenvalue weighted by molar-refractivity contribution is 5.90. The van der Waals surface area contributed by atoms with Crippen LogP contribution in [0.4, 0.5) is 0 Å². The molecule has 40 heavy (non-hydrogen) atoms. The zero-order valence-corrected chi connectivity index (χ0v) is 24.0. The third-order valence-electron chi connectivity index (χ3n) is 6.04. The highest BCUT2D eigenvalue weighted by Gasteiger charge is 2.24. The fraction of sp³-hybridized carbons (Fsp3) is 0.387. The van der Waals surface area contributed by atoms with Gasteiger partial charge in [0, 0.05) is 38.5 Å². The highest BCUT2D eigenvalue weighted by Crippen LogP contribution is 2.40. The summed E-state index contributed by atoms with van der Waals surface area (Å²) in [5, 5.41) is 11.4. The Morgan fingerprint density at radius 3 is 2.20 bits per heavy atom. The molecule has 0 aliphatic carbocycles. The van der Waals surface area contributed by atoms with Crippen LogP contribution in [0.5, 0.6) is 23.0 Å². The Kier molecular flexibility index (Phi) is 11.6. The first-order valence-electron chi connectivity index (χ1n) is 12.9. The lowest BCUT2D eigenvalue weighted by Gasteiger charge is -2.16. The minimum Gasteiger partial charge on any atom is -0.507 e. The van der Waals surface area contributed by atoms with E-state index in [0.717, 1.165) is 18.4 Å². The molecule has 0 unspecified atom stereocenters. The Morgan fingerprint density at radius 2 is 1.55 bits per heavy atom. The van der Waals surface area contributed by atoms with Crippen LogP contribution in [0.3, 0.4) is 0 Å². The summed E-state index contributed by atoms with van der Waals surface area (Å²) in [5.41, 5.74) is 3.04. The number of methoxy groups -OCH3 is 3. The van der Waals surface area contributed by atoms with E-state index in [1.807, 2.05) is 13.0 Å². The Hall–Kier alpha value is -3.79. The van der Waals surface area contributed by atoms with Crippen molar-refractivity contribution in [1.29, 1.82) is 0 Å². The first kappa shape index (κ1) is 30.7. The van der Waals surface area contributed by atoms with Crippen molar-refractivity contribution in [2.45, 2.75) is 40.0 Å². The zero-order chi connectivity index (χ0) is 29.1. The lowest BCUT2D eigenvalue weighted by atomic mass is 10.0. The number of phenolic OH excluding ortho intramolecular Hbond substituents is 1. The summed E-state index contributed by atoms with van der Waals surface area (Å²) in [5.74, 6) is 0.786. The average Bonchev–Trinajstić information content (AvgIpc) is 2.93. The van der Waals surface area contributed by atoms with Gasteiger partial charge in [-0.1, -0.05) is 23.3 Å². The van der Waals surface area contributed by atoms with Crippen molar-refractivity contribution in [2.24, 2.45) is 0 Å². The van der Waals surface area contributed by atoms with Crippen LogP contribution in [0.25, 0.3) is 22.3 Å². The van der Waals surface area contributed by atoms with E-state index in [9.17, 15) is 9.90 Å². The van der Waals surface area contributed by atoms with Crippen LogP contribution in [-0.2, 0) is 20.6 Å². The smallest absolute Gasteiger partial charge is 0.239 e. The van der Waals surface area contributed by atoms with Gasteiger partial charge in [0.05, 0.1) is 0 Å². The molecule has 1 N–H and O–H groups in total. The van der Waals surface area contributed by atoms with E-state index in [1.54, 1.807) is 30.3 Å². The van der Waals surface area contributed by atoms with Gasteiger partial charge in [0.2, 0.25) is 11.2 Å². The van der Waals surface area contributed by atoms with Crippen molar-refractivity contribution in [3.63, 3.8) is 0 Å². The van der Waals surface area contributed by atoms with Gasteiger partial charge in [0.1, 0.15) is 28.2 Å². The second-order valence-electron chi connectivity index (χ2n) is 9.42. The molecule has 216 valence electrons. The lowest BCUT2D eigenvalue weighted by molar-refractivity contribution is 0.0493. The highest BCUT2D eigenvalue weighted by atomic mass is 16.7. The molecule has 9 nitrogen and oxygen atoms in total. The molecular formula is C31H38O9. The molecule has 3 rings (SSSR count). The van der Waals surface area contributed by atoms with Gasteiger partial charge < -0.3 is 37.9 Å². The molecule has 2 aromatic carbocycles. The molecule has 0 fully saturated rings. The monoisotopic (exact) mass is 554 g/mol. The van der Waals surface area contributed by atoms with E-state index < -0.39 is 5.43 Å². The predicted molar refractivity (Wildman–Crippen MR) is 153 cm³/mol. The van der Waals surface area contributed by atoms with Crippen LogP contribution in [0.2, 0.25) is 0 Å². The molecular weight excluding hydrogens is 516 g/mol. The summed E-state index contributed by atoms with van der Waals surface area (Å²) in [6.45, 7) is 6.04. The van der Waals surface area contributed by atoms with Gasteiger partial charge in [-0.15, -0.1) is 0 Å². The molecule has 0 bridgehead atoms. The minimum atomic E-state index is -0.533. The van der Waals surface area contributed by atoms with Gasteiger partial charge in [-0.05, 0) is 64.3 Å². The SMILES string of the molecule is COCOc1ccc(-c2oc3cc(OCOC)c(C/C=C(\C)CCC=C(C)C)c(O)c3c(=O)c2OCOC)cc1. The molecule has 0 spiro atoms. The molecule has 9 heteroatoms. The van der Waals surface area contributed by atoms with Crippen molar-refractivity contribution in [1.82, 2.24) is 0 Å². The Bertz CT molecular complexity index is 1380. The molecule has 0 atom stereocenters. The summed E-state index contributed by atoms with van der Waals surface area (Å²) in [4.78, 5) is 13.7. The van der Waals surface area contributed by atoms with Crippen molar-refractivity contribution in [3.05, 3.63) is 69.4 Å². The van der Waals surface area contributed by atoms with Gasteiger partial charge in [-0.3, -0.25) is 4.79 Å². The summed E-state index contributed by atoms with van der Waals surface area (Å²) in [6, 6.07) is 8.50. The van der Waals surface area contributed by atoms with E-state index in [2.05, 4.69) is 19.9 Å². The first-order chi connectivity index (χ1) is 19.3. The van der Waals surface area contributed by atoms with Crippen molar-refractivity contribution in [2.75, 3.05) is 41.7 Å². The molecule has 0 saturated carbocycles. The van der Waals surface area contributed by atoms with Crippen LogP contribution in [0.15, 0.2) is 62.8 Å². The lowest BCUT2D eigenvalue weighted by Crippen LogP contribution is -2.13. The first-order valence-corrected chi connectivity index (χ1v) is 12.9. The van der Waals surface area contributed by atoms with Crippen LogP contribution >= 0.6 is 0 Å². The number of ether oxygens (including phenoxy) is 6. The maximum atomic E-state index is 13.7. The minimum absolute atomic E-state index is 0.00902. The van der Waals surface area contributed by atoms with E-state index in [0.29, 0.717) is 29.0 Å². The van der Waals surface area contributed by atoms with Gasteiger partial charge in [0.25, 0.3) is 0 Å². The largest absolute Gasteiger partial charge is 0.507 e. The molecule has 0 radical (unpaired) electrons. The van der Waals surface area contributed by atoms with Crippen molar-refractivity contribution >= 4 is 11.0 Å². The van der Waals surface area contributed by atoms with E-state index in [1.165, 1.54) is 26.9 Å². The summed E-state index contributed by atoms with van der Waals surface area (Å²) >= 11 is 0. The topological polar surface area (TPSA) is 106 Å². The molecule has 3 aromatic rings. The normalized spacial score (nSPS) is 11.5. The fourth-order valence-electron chi connectivity index (χ4n) is 4.02. The van der Waals surface area contributed by atoms with E-state index in [4.69, 9.17) is 32.8 Å². The third-order valence-corrected chi connectivity index (χ3v) is 6.04. The summed E-state index contributed by atoms with van der Waals surface area (Å²) < 4.78 is 38.2. The molecule has 0 aliphatic rings. The number of fused-ring (bicyclic) bond motifs is 1. The van der Waals surface area contributed by atoms with Crippen LogP contribution in [-0.4, -0.2) is 46.8 Å².